The minimum Gasteiger partial charge on any atom is -0.478 e. The molecular weight excluding hydrogens is 208 g/mol. The Kier molecular flexibility index (Phi) is 3.82. The molecule has 1 rings (SSSR count). The van der Waals surface area contributed by atoms with Crippen LogP contribution in [0.3, 0.4) is 0 Å². The van der Waals surface area contributed by atoms with Crippen molar-refractivity contribution in [2.24, 2.45) is 5.92 Å². The number of carbonyl (C=O) groups excluding carboxylic acids is 1. The molecule has 3 N–H and O–H groups in total. The summed E-state index contributed by atoms with van der Waals surface area (Å²) in [5.41, 5.74) is 0.445. The van der Waals surface area contributed by atoms with E-state index in [-0.39, 0.29) is 23.3 Å². The van der Waals surface area contributed by atoms with E-state index in [2.05, 4.69) is 5.32 Å². The van der Waals surface area contributed by atoms with Crippen LogP contribution in [0.5, 0.6) is 0 Å². The van der Waals surface area contributed by atoms with Gasteiger partial charge in [-0.25, -0.2) is 4.79 Å². The van der Waals surface area contributed by atoms with Gasteiger partial charge in [0.15, 0.2) is 0 Å². The molecule has 0 spiro atoms. The molecule has 0 atom stereocenters. The number of aliphatic carboxylic acids is 1. The zero-order chi connectivity index (χ0) is 12.3. The molecular formula is C11H16N2O3. The Morgan fingerprint density at radius 2 is 1.94 bits per heavy atom. The summed E-state index contributed by atoms with van der Waals surface area (Å²) in [6.07, 6.45) is 2.32. The molecule has 1 aliphatic rings. The van der Waals surface area contributed by atoms with Crippen LogP contribution in [-0.4, -0.2) is 29.1 Å². The van der Waals surface area contributed by atoms with Gasteiger partial charge in [0.2, 0.25) is 0 Å². The zero-order valence-corrected chi connectivity index (χ0v) is 9.41. The lowest BCUT2D eigenvalue weighted by atomic mass is 9.78. The van der Waals surface area contributed by atoms with Gasteiger partial charge in [0.05, 0.1) is 5.57 Å². The van der Waals surface area contributed by atoms with Crippen LogP contribution in [0.4, 0.5) is 0 Å². The maximum absolute atomic E-state index is 11.0. The second-order valence-corrected chi connectivity index (χ2v) is 4.11. The number of ketones is 1. The third-order valence-electron chi connectivity index (χ3n) is 2.91. The molecule has 0 saturated heterocycles. The normalized spacial score (nSPS) is 25.1. The lowest BCUT2D eigenvalue weighted by Gasteiger charge is -2.35. The van der Waals surface area contributed by atoms with Gasteiger partial charge in [-0.2, -0.15) is 0 Å². The maximum atomic E-state index is 11.0. The first-order valence-corrected chi connectivity index (χ1v) is 5.17. The molecule has 88 valence electrons. The molecule has 1 aliphatic carbocycles. The second-order valence-electron chi connectivity index (χ2n) is 4.11. The van der Waals surface area contributed by atoms with Gasteiger partial charge < -0.3 is 15.8 Å². The van der Waals surface area contributed by atoms with Crippen molar-refractivity contribution in [1.29, 1.82) is 5.41 Å². The molecule has 5 nitrogen and oxygen atoms in total. The van der Waals surface area contributed by atoms with Crippen LogP contribution in [0.15, 0.2) is 11.3 Å². The molecule has 0 heterocycles. The molecule has 0 aromatic carbocycles. The number of rotatable bonds is 5. The Balaban J connectivity index is 2.53. The minimum atomic E-state index is -1.11. The Hall–Kier alpha value is -1.65. The fourth-order valence-corrected chi connectivity index (χ4v) is 1.78. The molecule has 1 fully saturated rings. The summed E-state index contributed by atoms with van der Waals surface area (Å²) in [7, 11) is 0. The van der Waals surface area contributed by atoms with E-state index in [0.717, 1.165) is 19.1 Å². The van der Waals surface area contributed by atoms with Crippen molar-refractivity contribution < 1.29 is 14.7 Å². The van der Waals surface area contributed by atoms with Crippen molar-refractivity contribution in [2.45, 2.75) is 32.7 Å². The predicted octanol–water partition coefficient (Wildman–Crippen LogP) is 0.952. The van der Waals surface area contributed by atoms with Gasteiger partial charge in [0.1, 0.15) is 5.78 Å². The lowest BCUT2D eigenvalue weighted by Crippen LogP contribution is -2.43. The minimum absolute atomic E-state index is 0.0359. The molecule has 16 heavy (non-hydrogen) atoms. The highest BCUT2D eigenvalue weighted by Gasteiger charge is 2.32. The maximum Gasteiger partial charge on any atom is 0.338 e. The van der Waals surface area contributed by atoms with E-state index in [1.165, 1.54) is 0 Å². The lowest BCUT2D eigenvalue weighted by molar-refractivity contribution is -0.132. The Labute approximate surface area is 94.0 Å². The highest BCUT2D eigenvalue weighted by molar-refractivity contribution is 6.08. The summed E-state index contributed by atoms with van der Waals surface area (Å²) in [4.78, 5) is 21.7. The SMILES string of the molecule is C/C(N[C@H]1C[C@H](C(C)=O)C1)=C(/C=N)C(=O)O. The van der Waals surface area contributed by atoms with Crippen LogP contribution in [0.25, 0.3) is 0 Å². The number of hydrogen-bond acceptors (Lipinski definition) is 4. The van der Waals surface area contributed by atoms with Gasteiger partial charge in [-0.15, -0.1) is 0 Å². The smallest absolute Gasteiger partial charge is 0.338 e. The predicted molar refractivity (Wildman–Crippen MR) is 59.4 cm³/mol. The van der Waals surface area contributed by atoms with Gasteiger partial charge >= 0.3 is 5.97 Å². The topological polar surface area (TPSA) is 90.3 Å². The molecule has 0 aromatic rings. The summed E-state index contributed by atoms with van der Waals surface area (Å²) in [6, 6.07) is 0.156. The average molecular weight is 224 g/mol. The van der Waals surface area contributed by atoms with E-state index < -0.39 is 5.97 Å². The number of carboxylic acids is 1. The first kappa shape index (κ1) is 12.4. The Morgan fingerprint density at radius 3 is 2.31 bits per heavy atom. The van der Waals surface area contributed by atoms with Crippen molar-refractivity contribution in [3.8, 4) is 0 Å². The zero-order valence-electron chi connectivity index (χ0n) is 9.41. The summed E-state index contributed by atoms with van der Waals surface area (Å²) in [6.45, 7) is 3.21. The van der Waals surface area contributed by atoms with Crippen LogP contribution in [0.2, 0.25) is 0 Å². The number of nitrogens with one attached hydrogen (secondary N) is 2. The third kappa shape index (κ3) is 2.68. The monoisotopic (exact) mass is 224 g/mol. The average Bonchev–Trinajstić information content (AvgIpc) is 2.10. The van der Waals surface area contributed by atoms with Gasteiger partial charge in [0.25, 0.3) is 0 Å². The van der Waals surface area contributed by atoms with Crippen molar-refractivity contribution in [3.05, 3.63) is 11.3 Å². The van der Waals surface area contributed by atoms with Crippen LogP contribution >= 0.6 is 0 Å². The number of carbonyl (C=O) groups is 2. The molecule has 0 aliphatic heterocycles. The van der Waals surface area contributed by atoms with E-state index in [1.807, 2.05) is 0 Å². The highest BCUT2D eigenvalue weighted by atomic mass is 16.4. The molecule has 0 amide bonds. The molecule has 0 bridgehead atoms. The van der Waals surface area contributed by atoms with E-state index in [4.69, 9.17) is 10.5 Å². The van der Waals surface area contributed by atoms with Crippen LogP contribution < -0.4 is 5.32 Å². The van der Waals surface area contributed by atoms with Crippen LogP contribution in [-0.2, 0) is 9.59 Å². The third-order valence-corrected chi connectivity index (χ3v) is 2.91. The summed E-state index contributed by atoms with van der Waals surface area (Å²) >= 11 is 0. The fraction of sp³-hybridized carbons (Fsp3) is 0.545. The van der Waals surface area contributed by atoms with Crippen molar-refractivity contribution in [2.75, 3.05) is 0 Å². The van der Waals surface area contributed by atoms with Crippen molar-refractivity contribution >= 4 is 18.0 Å². The van der Waals surface area contributed by atoms with Crippen molar-refractivity contribution in [3.63, 3.8) is 0 Å². The summed E-state index contributed by atoms with van der Waals surface area (Å²) < 4.78 is 0. The second kappa shape index (κ2) is 4.92. The molecule has 0 aromatic heterocycles. The fourth-order valence-electron chi connectivity index (χ4n) is 1.78. The van der Waals surface area contributed by atoms with Crippen LogP contribution in [0, 0.1) is 11.3 Å². The van der Waals surface area contributed by atoms with Crippen LogP contribution in [0.1, 0.15) is 26.7 Å². The summed E-state index contributed by atoms with van der Waals surface area (Å²) in [5, 5.41) is 18.8. The van der Waals surface area contributed by atoms with E-state index in [9.17, 15) is 9.59 Å². The molecule has 5 heteroatoms. The Bertz CT molecular complexity index is 354. The molecule has 0 radical (unpaired) electrons. The van der Waals surface area contributed by atoms with Gasteiger partial charge in [-0.3, -0.25) is 4.79 Å². The van der Waals surface area contributed by atoms with E-state index in [0.29, 0.717) is 5.70 Å². The molecule has 0 unspecified atom stereocenters. The van der Waals surface area contributed by atoms with E-state index >= 15 is 0 Å². The quantitative estimate of drug-likeness (QED) is 0.479. The van der Waals surface area contributed by atoms with Crippen molar-refractivity contribution in [1.82, 2.24) is 5.32 Å². The number of Topliss-reactive ketones (excluding diaryl/α,β-unsaturated/α-hetero) is 1. The standard InChI is InChI=1S/C11H16N2O3/c1-6(10(5-12)11(15)16)13-9-3-8(4-9)7(2)14/h5,8-9,12-13H,3-4H2,1-2H3,(H,15,16)/b10-6+,12-5?/t8-,9-. The summed E-state index contributed by atoms with van der Waals surface area (Å²) in [5.74, 6) is -0.814. The Morgan fingerprint density at radius 1 is 1.38 bits per heavy atom. The largest absolute Gasteiger partial charge is 0.478 e. The first-order valence-electron chi connectivity index (χ1n) is 5.17. The first-order chi connectivity index (χ1) is 7.45. The van der Waals surface area contributed by atoms with E-state index in [1.54, 1.807) is 13.8 Å². The highest BCUT2D eigenvalue weighted by Crippen LogP contribution is 2.28. The number of allylic oxidation sites excluding steroid dienone is 1. The number of carboxylic acid groups (broad SMARTS) is 1. The van der Waals surface area contributed by atoms with Gasteiger partial charge in [-0.05, 0) is 26.7 Å². The number of hydrogen-bond donors (Lipinski definition) is 3. The van der Waals surface area contributed by atoms with Gasteiger partial charge in [0, 0.05) is 23.9 Å². The van der Waals surface area contributed by atoms with Gasteiger partial charge in [-0.1, -0.05) is 0 Å². The molecule has 1 saturated carbocycles.